The zero-order chi connectivity index (χ0) is 14.2. The Hall–Kier alpha value is -1.39. The van der Waals surface area contributed by atoms with Gasteiger partial charge in [0, 0.05) is 11.5 Å². The maximum absolute atomic E-state index is 14.7. The molecule has 4 nitrogen and oxygen atoms in total. The Kier molecular flexibility index (Phi) is 2.25. The van der Waals surface area contributed by atoms with Gasteiger partial charge in [0.1, 0.15) is 12.2 Å². The number of hydrogen-bond acceptors (Lipinski definition) is 4. The molecular weight excluding hydrogens is 251 g/mol. The Morgan fingerprint density at radius 3 is 2.74 bits per heavy atom. The number of hydrogen-bond donors (Lipinski definition) is 0. The summed E-state index contributed by atoms with van der Waals surface area (Å²) in [4.78, 5) is 23.4. The van der Waals surface area contributed by atoms with Gasteiger partial charge in [-0.3, -0.25) is 0 Å². The van der Waals surface area contributed by atoms with Crippen LogP contribution in [0.2, 0.25) is 0 Å². The third-order valence-electron chi connectivity index (χ3n) is 4.99. The lowest BCUT2D eigenvalue weighted by Crippen LogP contribution is -2.42. The number of ether oxygens (including phenoxy) is 2. The van der Waals surface area contributed by atoms with Gasteiger partial charge in [-0.1, -0.05) is 20.4 Å². The van der Waals surface area contributed by atoms with Crippen molar-refractivity contribution in [2.24, 2.45) is 17.3 Å². The number of carbonyl (C=O) groups is 2. The molecule has 2 saturated carbocycles. The van der Waals surface area contributed by atoms with E-state index in [4.69, 9.17) is 9.47 Å². The Labute approximate surface area is 110 Å². The van der Waals surface area contributed by atoms with Gasteiger partial charge in [0.15, 0.2) is 0 Å². The van der Waals surface area contributed by atoms with E-state index >= 15 is 0 Å². The van der Waals surface area contributed by atoms with E-state index < -0.39 is 41.1 Å². The molecule has 0 aromatic heterocycles. The molecule has 1 heterocycles. The van der Waals surface area contributed by atoms with Crippen molar-refractivity contribution < 1.29 is 23.5 Å². The van der Waals surface area contributed by atoms with Gasteiger partial charge in [-0.25, -0.2) is 14.0 Å². The molecule has 0 spiro atoms. The normalized spacial score (nSPS) is 45.2. The topological polar surface area (TPSA) is 52.6 Å². The predicted molar refractivity (Wildman–Crippen MR) is 63.8 cm³/mol. The summed E-state index contributed by atoms with van der Waals surface area (Å²) in [5, 5.41) is 0. The van der Waals surface area contributed by atoms with Gasteiger partial charge < -0.3 is 9.47 Å². The molecule has 5 heteroatoms. The first-order valence-corrected chi connectivity index (χ1v) is 6.46. The number of carbonyl (C=O) groups excluding carboxylic acids is 2. The van der Waals surface area contributed by atoms with E-state index in [9.17, 15) is 14.0 Å². The first-order chi connectivity index (χ1) is 8.69. The SMILES string of the molecule is C=C(C)C(=O)OC1C2OC(=O)C3(F)CC1C(C)(C)C23. The quantitative estimate of drug-likeness (QED) is 0.566. The zero-order valence-electron chi connectivity index (χ0n) is 11.2. The molecule has 2 aliphatic carbocycles. The average Bonchev–Trinajstić information content (AvgIpc) is 2.71. The summed E-state index contributed by atoms with van der Waals surface area (Å²) in [5.74, 6) is -2.03. The van der Waals surface area contributed by atoms with Crippen LogP contribution in [-0.4, -0.2) is 29.8 Å². The summed E-state index contributed by atoms with van der Waals surface area (Å²) in [6.45, 7) is 8.91. The van der Waals surface area contributed by atoms with E-state index in [1.54, 1.807) is 6.92 Å². The first kappa shape index (κ1) is 12.6. The summed E-state index contributed by atoms with van der Waals surface area (Å²) in [6, 6.07) is 0. The minimum Gasteiger partial charge on any atom is -0.456 e. The van der Waals surface area contributed by atoms with Crippen molar-refractivity contribution in [2.45, 2.75) is 45.1 Å². The van der Waals surface area contributed by atoms with Crippen LogP contribution in [0.1, 0.15) is 27.2 Å². The third kappa shape index (κ3) is 1.33. The van der Waals surface area contributed by atoms with Gasteiger partial charge in [0.25, 0.3) is 0 Å². The van der Waals surface area contributed by atoms with Crippen molar-refractivity contribution in [3.63, 3.8) is 0 Å². The molecule has 5 unspecified atom stereocenters. The number of alkyl halides is 1. The third-order valence-corrected chi connectivity index (χ3v) is 4.99. The van der Waals surface area contributed by atoms with E-state index in [2.05, 4.69) is 6.58 Å². The molecule has 1 saturated heterocycles. The molecule has 3 aliphatic rings. The van der Waals surface area contributed by atoms with Crippen LogP contribution in [0, 0.1) is 17.3 Å². The van der Waals surface area contributed by atoms with Gasteiger partial charge >= 0.3 is 11.9 Å². The Morgan fingerprint density at radius 1 is 1.53 bits per heavy atom. The second-order valence-corrected chi connectivity index (χ2v) is 6.49. The fourth-order valence-electron chi connectivity index (χ4n) is 4.11. The first-order valence-electron chi connectivity index (χ1n) is 6.46. The van der Waals surface area contributed by atoms with Crippen LogP contribution in [0.4, 0.5) is 4.39 Å². The molecule has 0 radical (unpaired) electrons. The average molecular weight is 268 g/mol. The predicted octanol–water partition coefficient (Wildman–Crippen LogP) is 1.78. The van der Waals surface area contributed by atoms with Crippen LogP contribution in [0.3, 0.4) is 0 Å². The summed E-state index contributed by atoms with van der Waals surface area (Å²) in [6.07, 6.45) is -1.14. The molecule has 0 amide bonds. The maximum atomic E-state index is 14.7. The molecule has 3 fully saturated rings. The van der Waals surface area contributed by atoms with Gasteiger partial charge in [-0.2, -0.15) is 0 Å². The van der Waals surface area contributed by atoms with Crippen LogP contribution in [0.5, 0.6) is 0 Å². The van der Waals surface area contributed by atoms with E-state index in [1.165, 1.54) is 0 Å². The maximum Gasteiger partial charge on any atom is 0.344 e. The highest BCUT2D eigenvalue weighted by Gasteiger charge is 2.79. The van der Waals surface area contributed by atoms with Crippen molar-refractivity contribution in [3.8, 4) is 0 Å². The highest BCUT2D eigenvalue weighted by Crippen LogP contribution is 2.68. The molecule has 0 aromatic carbocycles. The number of fused-ring (bicyclic) bond motifs is 1. The van der Waals surface area contributed by atoms with Gasteiger partial charge in [0.2, 0.25) is 5.67 Å². The lowest BCUT2D eigenvalue weighted by atomic mass is 9.79. The van der Waals surface area contributed by atoms with Crippen molar-refractivity contribution in [1.82, 2.24) is 0 Å². The van der Waals surface area contributed by atoms with Crippen molar-refractivity contribution in [1.29, 1.82) is 0 Å². The van der Waals surface area contributed by atoms with Gasteiger partial charge in [0.05, 0.1) is 5.92 Å². The summed E-state index contributed by atoms with van der Waals surface area (Å²) in [7, 11) is 0. The monoisotopic (exact) mass is 268 g/mol. The largest absolute Gasteiger partial charge is 0.456 e. The van der Waals surface area contributed by atoms with Gasteiger partial charge in [-0.05, 0) is 18.8 Å². The molecule has 3 rings (SSSR count). The summed E-state index contributed by atoms with van der Waals surface area (Å²) >= 11 is 0. The molecule has 2 bridgehead atoms. The molecule has 0 N–H and O–H groups in total. The molecule has 104 valence electrons. The molecular formula is C14H17FO4. The van der Waals surface area contributed by atoms with Crippen molar-refractivity contribution in [3.05, 3.63) is 12.2 Å². The zero-order valence-corrected chi connectivity index (χ0v) is 11.2. The summed E-state index contributed by atoms with van der Waals surface area (Å²) < 4.78 is 25.2. The smallest absolute Gasteiger partial charge is 0.344 e. The fraction of sp³-hybridized carbons (Fsp3) is 0.714. The Bertz CT molecular complexity index is 498. The van der Waals surface area contributed by atoms with Crippen molar-refractivity contribution in [2.75, 3.05) is 0 Å². The van der Waals surface area contributed by atoms with Crippen LogP contribution >= 0.6 is 0 Å². The number of esters is 2. The Morgan fingerprint density at radius 2 is 2.16 bits per heavy atom. The van der Waals surface area contributed by atoms with Crippen LogP contribution in [0.15, 0.2) is 12.2 Å². The fourth-order valence-corrected chi connectivity index (χ4v) is 4.11. The minimum absolute atomic E-state index is 0.0775. The number of halogens is 1. The van der Waals surface area contributed by atoms with Crippen LogP contribution in [-0.2, 0) is 19.1 Å². The lowest BCUT2D eigenvalue weighted by molar-refractivity contribution is -0.158. The standard InChI is InChI=1S/C14H17FO4/c1-6(2)11(16)18-8-7-5-14(15)10(13(7,3)4)9(8)19-12(14)17/h7-10H,1,5H2,2-4H3. The van der Waals surface area contributed by atoms with E-state index in [-0.39, 0.29) is 17.9 Å². The molecule has 1 aliphatic heterocycles. The second kappa shape index (κ2) is 3.38. The van der Waals surface area contributed by atoms with Crippen LogP contribution in [0.25, 0.3) is 0 Å². The van der Waals surface area contributed by atoms with Crippen LogP contribution < -0.4 is 0 Å². The second-order valence-electron chi connectivity index (χ2n) is 6.49. The minimum atomic E-state index is -1.90. The summed E-state index contributed by atoms with van der Waals surface area (Å²) in [5.41, 5.74) is -2.02. The highest BCUT2D eigenvalue weighted by molar-refractivity contribution is 5.88. The highest BCUT2D eigenvalue weighted by atomic mass is 19.1. The van der Waals surface area contributed by atoms with Crippen molar-refractivity contribution >= 4 is 11.9 Å². The van der Waals surface area contributed by atoms with Gasteiger partial charge in [-0.15, -0.1) is 0 Å². The molecule has 5 atom stereocenters. The van der Waals surface area contributed by atoms with E-state index in [0.717, 1.165) is 0 Å². The molecule has 19 heavy (non-hydrogen) atoms. The van der Waals surface area contributed by atoms with E-state index in [0.29, 0.717) is 0 Å². The molecule has 0 aromatic rings. The number of rotatable bonds is 2. The Balaban J connectivity index is 1.94. The van der Waals surface area contributed by atoms with E-state index in [1.807, 2.05) is 13.8 Å². The lowest BCUT2D eigenvalue weighted by Gasteiger charge is -2.27.